The minimum absolute atomic E-state index is 0.00761. The molecule has 0 atom stereocenters. The van der Waals surface area contributed by atoms with Gasteiger partial charge in [0.05, 0.1) is 14.2 Å². The first-order valence-electron chi connectivity index (χ1n) is 9.32. The van der Waals surface area contributed by atoms with Gasteiger partial charge in [-0.05, 0) is 35.6 Å². The van der Waals surface area contributed by atoms with Crippen molar-refractivity contribution < 1.29 is 9.47 Å². The third kappa shape index (κ3) is 3.87. The Hall–Kier alpha value is -1.48. The average molecular weight is 359 g/mol. The molecule has 25 heavy (non-hydrogen) atoms. The quantitative estimate of drug-likeness (QED) is 0.624. The summed E-state index contributed by atoms with van der Waals surface area (Å²) in [5.74, 6) is 1.99. The minimum Gasteiger partial charge on any atom is -0.497 e. The van der Waals surface area contributed by atoms with Crippen molar-refractivity contribution in [3.8, 4) is 11.5 Å². The van der Waals surface area contributed by atoms with Crippen LogP contribution < -0.4 is 14.7 Å². The molecule has 0 amide bonds. The normalized spacial score (nSPS) is 15.0. The van der Waals surface area contributed by atoms with Crippen molar-refractivity contribution in [3.63, 3.8) is 0 Å². The summed E-state index contributed by atoms with van der Waals surface area (Å²) < 4.78 is 11.6. The van der Waals surface area contributed by atoms with Crippen LogP contribution in [0.5, 0.6) is 11.5 Å². The molecular formula is C22H34O2Si. The van der Waals surface area contributed by atoms with Crippen molar-refractivity contribution in [2.75, 3.05) is 14.2 Å². The zero-order chi connectivity index (χ0) is 18.8. The molecule has 2 nitrogen and oxygen atoms in total. The van der Waals surface area contributed by atoms with Gasteiger partial charge in [-0.2, -0.15) is 0 Å². The van der Waals surface area contributed by atoms with E-state index in [9.17, 15) is 0 Å². The van der Waals surface area contributed by atoms with Gasteiger partial charge in [-0.3, -0.25) is 0 Å². The van der Waals surface area contributed by atoms with E-state index in [0.717, 1.165) is 17.9 Å². The van der Waals surface area contributed by atoms with E-state index in [1.165, 1.54) is 23.6 Å². The first-order chi connectivity index (χ1) is 11.7. The summed E-state index contributed by atoms with van der Waals surface area (Å²) in [6, 6.07) is 4.36. The molecule has 1 aliphatic carbocycles. The summed E-state index contributed by atoms with van der Waals surface area (Å²) in [6.45, 7) is 13.9. The van der Waals surface area contributed by atoms with E-state index in [2.05, 4.69) is 65.1 Å². The Balaban J connectivity index is 2.70. The molecule has 2 rings (SSSR count). The lowest BCUT2D eigenvalue weighted by Gasteiger charge is -2.32. The predicted molar refractivity (Wildman–Crippen MR) is 111 cm³/mol. The van der Waals surface area contributed by atoms with Crippen LogP contribution in [0.1, 0.15) is 52.5 Å². The molecule has 0 N–H and O–H groups in total. The van der Waals surface area contributed by atoms with Crippen LogP contribution >= 0.6 is 0 Å². The fraction of sp³-hybridized carbons (Fsp3) is 0.545. The van der Waals surface area contributed by atoms with Gasteiger partial charge in [0.2, 0.25) is 0 Å². The molecule has 1 aliphatic rings. The molecule has 1 aromatic carbocycles. The van der Waals surface area contributed by atoms with Gasteiger partial charge < -0.3 is 9.47 Å². The largest absolute Gasteiger partial charge is 0.497 e. The van der Waals surface area contributed by atoms with Crippen LogP contribution in [0.25, 0.3) is 0 Å². The van der Waals surface area contributed by atoms with E-state index in [0.29, 0.717) is 0 Å². The molecule has 138 valence electrons. The lowest BCUT2D eigenvalue weighted by Crippen LogP contribution is -2.45. The van der Waals surface area contributed by atoms with Crippen molar-refractivity contribution in [1.82, 2.24) is 0 Å². The van der Waals surface area contributed by atoms with Crippen LogP contribution in [0.2, 0.25) is 13.1 Å². The van der Waals surface area contributed by atoms with E-state index in [4.69, 9.17) is 9.47 Å². The first-order valence-corrected chi connectivity index (χ1v) is 12.3. The summed E-state index contributed by atoms with van der Waals surface area (Å²) in [5.41, 5.74) is 2.78. The van der Waals surface area contributed by atoms with Gasteiger partial charge in [0.15, 0.2) is 0 Å². The van der Waals surface area contributed by atoms with Crippen LogP contribution in [0, 0.1) is 0 Å². The molecule has 0 aliphatic heterocycles. The molecule has 3 heteroatoms. The number of hydrogen-bond acceptors (Lipinski definition) is 2. The van der Waals surface area contributed by atoms with Gasteiger partial charge >= 0.3 is 0 Å². The highest BCUT2D eigenvalue weighted by atomic mass is 28.3. The maximum Gasteiger partial charge on any atom is 0.122 e. The molecule has 1 aromatic rings. The Kier molecular flexibility index (Phi) is 5.88. The Morgan fingerprint density at radius 3 is 2.28 bits per heavy atom. The maximum atomic E-state index is 5.98. The van der Waals surface area contributed by atoms with Gasteiger partial charge in [-0.15, -0.1) is 0 Å². The second-order valence-corrected chi connectivity index (χ2v) is 12.9. The lowest BCUT2D eigenvalue weighted by molar-refractivity contribution is 0.391. The topological polar surface area (TPSA) is 18.5 Å². The van der Waals surface area contributed by atoms with Crippen molar-refractivity contribution in [2.24, 2.45) is 0 Å². The van der Waals surface area contributed by atoms with E-state index in [1.807, 2.05) is 0 Å². The monoisotopic (exact) mass is 358 g/mol. The van der Waals surface area contributed by atoms with Gasteiger partial charge in [-0.25, -0.2) is 0 Å². The third-order valence-electron chi connectivity index (χ3n) is 5.29. The molecule has 0 spiro atoms. The van der Waals surface area contributed by atoms with E-state index in [1.54, 1.807) is 25.0 Å². The molecule has 0 heterocycles. The second-order valence-electron chi connectivity index (χ2n) is 8.49. The third-order valence-corrected chi connectivity index (χ3v) is 9.04. The number of rotatable bonds is 6. The van der Waals surface area contributed by atoms with E-state index in [-0.39, 0.29) is 5.41 Å². The Morgan fingerprint density at radius 1 is 1.08 bits per heavy atom. The smallest absolute Gasteiger partial charge is 0.122 e. The van der Waals surface area contributed by atoms with Gasteiger partial charge in [-0.1, -0.05) is 70.1 Å². The standard InChI is InChI=1S/C22H34O2Si/c1-9-11-16-12-10-13-19(16)25(7,8)20-15-17(23-5)14-18(21(20)24-6)22(2,3)4/h10,12,14-15H,9,11,13H2,1-8H3. The van der Waals surface area contributed by atoms with Gasteiger partial charge in [0.1, 0.15) is 19.6 Å². The van der Waals surface area contributed by atoms with Gasteiger partial charge in [0.25, 0.3) is 0 Å². The summed E-state index contributed by atoms with van der Waals surface area (Å²) >= 11 is 0. The van der Waals surface area contributed by atoms with Crippen LogP contribution in [0.4, 0.5) is 0 Å². The van der Waals surface area contributed by atoms with Crippen LogP contribution in [0.15, 0.2) is 35.1 Å². The Labute approximate surface area is 154 Å². The molecule has 0 fully saturated rings. The van der Waals surface area contributed by atoms with Crippen LogP contribution in [0.3, 0.4) is 0 Å². The van der Waals surface area contributed by atoms with E-state index >= 15 is 0 Å². The number of hydrogen-bond donors (Lipinski definition) is 0. The van der Waals surface area contributed by atoms with E-state index < -0.39 is 8.07 Å². The predicted octanol–water partition coefficient (Wildman–Crippen LogP) is 5.51. The van der Waals surface area contributed by atoms with Crippen molar-refractivity contribution >= 4 is 13.3 Å². The van der Waals surface area contributed by atoms with Crippen LogP contribution in [-0.2, 0) is 5.41 Å². The summed E-state index contributed by atoms with van der Waals surface area (Å²) in [6.07, 6.45) is 8.11. The molecular weight excluding hydrogens is 324 g/mol. The number of methoxy groups -OCH3 is 2. The summed E-state index contributed by atoms with van der Waals surface area (Å²) in [7, 11) is 1.70. The first kappa shape index (κ1) is 19.8. The maximum absolute atomic E-state index is 5.98. The SMILES string of the molecule is CCCC1=C([Si](C)(C)c2cc(OC)cc(C(C)(C)C)c2OC)CC=C1. The molecule has 0 saturated heterocycles. The van der Waals surface area contributed by atoms with Gasteiger partial charge in [0, 0.05) is 5.56 Å². The Bertz CT molecular complexity index is 691. The summed E-state index contributed by atoms with van der Waals surface area (Å²) in [5, 5.41) is 2.99. The zero-order valence-electron chi connectivity index (χ0n) is 17.2. The highest BCUT2D eigenvalue weighted by Gasteiger charge is 2.36. The molecule has 0 unspecified atom stereocenters. The fourth-order valence-electron chi connectivity index (χ4n) is 3.83. The molecule has 0 bridgehead atoms. The second kappa shape index (κ2) is 7.41. The van der Waals surface area contributed by atoms with Crippen molar-refractivity contribution in [2.45, 2.75) is 65.5 Å². The van der Waals surface area contributed by atoms with Crippen LogP contribution in [-0.4, -0.2) is 22.3 Å². The highest BCUT2D eigenvalue weighted by Crippen LogP contribution is 2.38. The molecule has 0 aromatic heterocycles. The molecule has 0 radical (unpaired) electrons. The average Bonchev–Trinajstić information content (AvgIpc) is 3.02. The number of ether oxygens (including phenoxy) is 2. The van der Waals surface area contributed by atoms with Crippen molar-refractivity contribution in [3.05, 3.63) is 40.6 Å². The Morgan fingerprint density at radius 2 is 1.76 bits per heavy atom. The minimum atomic E-state index is -1.86. The number of benzene rings is 1. The van der Waals surface area contributed by atoms with Crippen molar-refractivity contribution in [1.29, 1.82) is 0 Å². The fourth-order valence-corrected chi connectivity index (χ4v) is 7.11. The lowest BCUT2D eigenvalue weighted by atomic mass is 9.86. The zero-order valence-corrected chi connectivity index (χ0v) is 18.2. The summed E-state index contributed by atoms with van der Waals surface area (Å²) in [4.78, 5) is 0. The molecule has 0 saturated carbocycles. The highest BCUT2D eigenvalue weighted by molar-refractivity contribution is 6.96. The number of allylic oxidation sites excluding steroid dienone is 4.